The fourth-order valence-corrected chi connectivity index (χ4v) is 2.57. The minimum Gasteiger partial charge on any atom is -0.497 e. The number of methoxy groups -OCH3 is 2. The lowest BCUT2D eigenvalue weighted by Crippen LogP contribution is -2.18. The molecule has 0 aromatic heterocycles. The van der Waals surface area contributed by atoms with E-state index in [0.717, 1.165) is 11.3 Å². The highest BCUT2D eigenvalue weighted by Crippen LogP contribution is 2.15. The van der Waals surface area contributed by atoms with Gasteiger partial charge >= 0.3 is 5.97 Å². The van der Waals surface area contributed by atoms with Gasteiger partial charge in [0, 0.05) is 21.8 Å². The van der Waals surface area contributed by atoms with Crippen molar-refractivity contribution in [2.45, 2.75) is 24.3 Å². The van der Waals surface area contributed by atoms with Crippen LogP contribution in [0.5, 0.6) is 5.75 Å². The number of ether oxygens (including phenoxy) is 2. The first-order valence-corrected chi connectivity index (χ1v) is 7.02. The highest BCUT2D eigenvalue weighted by Gasteiger charge is 2.16. The Morgan fingerprint density at radius 2 is 1.89 bits per heavy atom. The molecule has 0 amide bonds. The van der Waals surface area contributed by atoms with Gasteiger partial charge in [0.25, 0.3) is 0 Å². The van der Waals surface area contributed by atoms with Crippen molar-refractivity contribution >= 4 is 16.8 Å². The molecule has 0 radical (unpaired) electrons. The predicted octanol–water partition coefficient (Wildman–Crippen LogP) is 1.90. The van der Waals surface area contributed by atoms with Crippen LogP contribution in [0.25, 0.3) is 0 Å². The van der Waals surface area contributed by atoms with E-state index in [9.17, 15) is 9.00 Å². The molecule has 0 N–H and O–H groups in total. The quantitative estimate of drug-likeness (QED) is 0.741. The summed E-state index contributed by atoms with van der Waals surface area (Å²) in [5, 5.41) is -0.209. The maximum absolute atomic E-state index is 12.0. The molecule has 0 aliphatic heterocycles. The molecular formula is C13H18O4S. The molecular weight excluding hydrogens is 252 g/mol. The molecule has 0 aliphatic rings. The Labute approximate surface area is 110 Å². The third-order valence-corrected chi connectivity index (χ3v) is 4.28. The van der Waals surface area contributed by atoms with E-state index < -0.39 is 10.8 Å². The van der Waals surface area contributed by atoms with E-state index in [2.05, 4.69) is 4.74 Å². The van der Waals surface area contributed by atoms with Crippen LogP contribution in [0.4, 0.5) is 0 Å². The predicted molar refractivity (Wildman–Crippen MR) is 70.9 cm³/mol. The van der Waals surface area contributed by atoms with Gasteiger partial charge in [-0.05, 0) is 17.7 Å². The van der Waals surface area contributed by atoms with Crippen molar-refractivity contribution in [3.8, 4) is 5.75 Å². The van der Waals surface area contributed by atoms with E-state index >= 15 is 0 Å². The van der Waals surface area contributed by atoms with Gasteiger partial charge in [-0.25, -0.2) is 0 Å². The van der Waals surface area contributed by atoms with Crippen LogP contribution >= 0.6 is 0 Å². The van der Waals surface area contributed by atoms with Crippen molar-refractivity contribution < 1.29 is 18.5 Å². The summed E-state index contributed by atoms with van der Waals surface area (Å²) in [6, 6.07) is 7.41. The topological polar surface area (TPSA) is 52.6 Å². The third kappa shape index (κ3) is 4.49. The van der Waals surface area contributed by atoms with Gasteiger partial charge in [-0.2, -0.15) is 0 Å². The maximum Gasteiger partial charge on any atom is 0.306 e. The lowest BCUT2D eigenvalue weighted by Gasteiger charge is -2.10. The second-order valence-corrected chi connectivity index (χ2v) is 5.82. The summed E-state index contributed by atoms with van der Waals surface area (Å²) in [6.45, 7) is 1.79. The van der Waals surface area contributed by atoms with E-state index in [1.807, 2.05) is 24.3 Å². The molecule has 0 bridgehead atoms. The molecule has 0 saturated carbocycles. The van der Waals surface area contributed by atoms with E-state index in [1.54, 1.807) is 14.0 Å². The van der Waals surface area contributed by atoms with Gasteiger partial charge in [0.05, 0.1) is 20.6 Å². The number of carbonyl (C=O) groups excluding carboxylic acids is 1. The van der Waals surface area contributed by atoms with Crippen molar-refractivity contribution in [2.24, 2.45) is 0 Å². The molecule has 1 aromatic carbocycles. The Balaban J connectivity index is 2.55. The molecule has 0 spiro atoms. The van der Waals surface area contributed by atoms with Gasteiger partial charge in [0.15, 0.2) is 0 Å². The summed E-state index contributed by atoms with van der Waals surface area (Å²) in [6.07, 6.45) is 0.180. The van der Waals surface area contributed by atoms with Crippen LogP contribution in [0.15, 0.2) is 24.3 Å². The smallest absolute Gasteiger partial charge is 0.306 e. The Kier molecular flexibility index (Phi) is 5.85. The first-order valence-electron chi connectivity index (χ1n) is 5.63. The van der Waals surface area contributed by atoms with Gasteiger partial charge in [0.2, 0.25) is 0 Å². The summed E-state index contributed by atoms with van der Waals surface area (Å²) >= 11 is 0. The summed E-state index contributed by atoms with van der Waals surface area (Å²) in [4.78, 5) is 11.1. The second kappa shape index (κ2) is 7.16. The first kappa shape index (κ1) is 14.7. The van der Waals surface area contributed by atoms with Gasteiger partial charge in [0.1, 0.15) is 5.75 Å². The van der Waals surface area contributed by atoms with Gasteiger partial charge in [-0.3, -0.25) is 9.00 Å². The minimum absolute atomic E-state index is 0.180. The molecule has 2 atom stereocenters. The number of benzene rings is 1. The highest BCUT2D eigenvalue weighted by atomic mass is 32.2. The number of hydrogen-bond donors (Lipinski definition) is 0. The van der Waals surface area contributed by atoms with Crippen molar-refractivity contribution in [1.29, 1.82) is 0 Å². The zero-order chi connectivity index (χ0) is 13.5. The molecule has 1 aromatic rings. The Morgan fingerprint density at radius 1 is 1.28 bits per heavy atom. The van der Waals surface area contributed by atoms with Crippen LogP contribution in [0.2, 0.25) is 0 Å². The van der Waals surface area contributed by atoms with Crippen LogP contribution in [0.1, 0.15) is 18.9 Å². The molecule has 18 heavy (non-hydrogen) atoms. The SMILES string of the molecule is COC(=O)CC(C)S(=O)Cc1ccc(OC)cc1. The zero-order valence-corrected chi connectivity index (χ0v) is 11.7. The molecule has 0 saturated heterocycles. The lowest BCUT2D eigenvalue weighted by atomic mass is 10.2. The molecule has 0 heterocycles. The third-order valence-electron chi connectivity index (χ3n) is 2.60. The number of carbonyl (C=O) groups is 1. The van der Waals surface area contributed by atoms with E-state index in [-0.39, 0.29) is 17.6 Å². The largest absolute Gasteiger partial charge is 0.497 e. The van der Waals surface area contributed by atoms with Gasteiger partial charge in [-0.15, -0.1) is 0 Å². The highest BCUT2D eigenvalue weighted by molar-refractivity contribution is 7.84. The Bertz CT molecular complexity index is 414. The summed E-state index contributed by atoms with van der Waals surface area (Å²) in [7, 11) is 1.85. The second-order valence-electron chi connectivity index (χ2n) is 3.96. The van der Waals surface area contributed by atoms with E-state index in [1.165, 1.54) is 7.11 Å². The number of rotatable bonds is 6. The fourth-order valence-electron chi connectivity index (χ4n) is 1.44. The van der Waals surface area contributed by atoms with Crippen LogP contribution in [0, 0.1) is 0 Å². The van der Waals surface area contributed by atoms with Gasteiger partial charge < -0.3 is 9.47 Å². The molecule has 0 aliphatic carbocycles. The maximum atomic E-state index is 12.0. The average Bonchev–Trinajstić information content (AvgIpc) is 2.39. The minimum atomic E-state index is -1.09. The van der Waals surface area contributed by atoms with Crippen LogP contribution in [0.3, 0.4) is 0 Å². The molecule has 4 nitrogen and oxygen atoms in total. The molecule has 2 unspecified atom stereocenters. The normalized spacial score (nSPS) is 13.7. The lowest BCUT2D eigenvalue weighted by molar-refractivity contribution is -0.140. The number of hydrogen-bond acceptors (Lipinski definition) is 4. The van der Waals surface area contributed by atoms with Crippen LogP contribution < -0.4 is 4.74 Å². The van der Waals surface area contributed by atoms with Crippen LogP contribution in [-0.4, -0.2) is 29.6 Å². The van der Waals surface area contributed by atoms with Crippen LogP contribution in [-0.2, 0) is 26.1 Å². The fraction of sp³-hybridized carbons (Fsp3) is 0.462. The van der Waals surface area contributed by atoms with E-state index in [4.69, 9.17) is 4.74 Å². The van der Waals surface area contributed by atoms with Crippen molar-refractivity contribution in [3.05, 3.63) is 29.8 Å². The van der Waals surface area contributed by atoms with E-state index in [0.29, 0.717) is 5.75 Å². The number of esters is 1. The summed E-state index contributed by atoms with van der Waals surface area (Å²) in [5.74, 6) is 0.875. The van der Waals surface area contributed by atoms with Crippen molar-refractivity contribution in [1.82, 2.24) is 0 Å². The zero-order valence-electron chi connectivity index (χ0n) is 10.8. The Morgan fingerprint density at radius 3 is 2.39 bits per heavy atom. The molecule has 5 heteroatoms. The standard InChI is InChI=1S/C13H18O4S/c1-10(8-13(14)17-3)18(15)9-11-4-6-12(16-2)7-5-11/h4-7,10H,8-9H2,1-3H3. The molecule has 0 fully saturated rings. The van der Waals surface area contributed by atoms with Crippen molar-refractivity contribution in [2.75, 3.05) is 14.2 Å². The van der Waals surface area contributed by atoms with Crippen molar-refractivity contribution in [3.63, 3.8) is 0 Å². The average molecular weight is 270 g/mol. The summed E-state index contributed by atoms with van der Waals surface area (Å²) < 4.78 is 21.6. The summed E-state index contributed by atoms with van der Waals surface area (Å²) in [5.41, 5.74) is 0.964. The Hall–Kier alpha value is -1.36. The monoisotopic (exact) mass is 270 g/mol. The molecule has 1 rings (SSSR count). The first-order chi connectivity index (χ1) is 8.56. The molecule has 100 valence electrons. The van der Waals surface area contributed by atoms with Gasteiger partial charge in [-0.1, -0.05) is 19.1 Å².